The lowest BCUT2D eigenvalue weighted by Gasteiger charge is -2.51. The molecule has 1 heterocycles. The highest BCUT2D eigenvalue weighted by Crippen LogP contribution is 2.53. The number of para-hydroxylation sites is 1. The zero-order valence-corrected chi connectivity index (χ0v) is 14.4. The maximum atomic E-state index is 9.58. The molecule has 1 spiro atoms. The molecule has 1 aliphatic heterocycles. The summed E-state index contributed by atoms with van der Waals surface area (Å²) in [5.74, 6) is 1.82. The normalized spacial score (nSPS) is 30.2. The molecule has 0 saturated heterocycles. The van der Waals surface area contributed by atoms with Crippen LogP contribution in [0.2, 0.25) is 0 Å². The molecule has 4 rings (SSSR count). The maximum Gasteiger partial charge on any atom is 0.145 e. The Morgan fingerprint density at radius 1 is 1.33 bits per heavy atom. The standard InChI is InChI=1S/C22H25NO/c1-2-3-7-16-14-22(18-9-5-10-19(22)12-6-11-18)24-21-17(15-23)8-4-13-20(16)21/h4-5,8-9,13-14,18-19H,2-3,6-7,10-12H2,1H3. The predicted molar refractivity (Wildman–Crippen MR) is 96.6 cm³/mol. The van der Waals surface area contributed by atoms with Gasteiger partial charge in [0.15, 0.2) is 0 Å². The molecule has 1 aromatic carbocycles. The smallest absolute Gasteiger partial charge is 0.145 e. The predicted octanol–water partition coefficient (Wildman–Crippen LogP) is 5.64. The van der Waals surface area contributed by atoms with Crippen LogP contribution in [-0.4, -0.2) is 5.60 Å². The first-order valence-corrected chi connectivity index (χ1v) is 9.39. The van der Waals surface area contributed by atoms with E-state index in [1.54, 1.807) is 0 Å². The summed E-state index contributed by atoms with van der Waals surface area (Å²) in [4.78, 5) is 0. The van der Waals surface area contributed by atoms with Gasteiger partial charge in [0.25, 0.3) is 0 Å². The SMILES string of the molecule is CCCCC1=CC2(Oc3c(C#N)cccc31)C1C=CCC2CCC1. The van der Waals surface area contributed by atoms with Crippen molar-refractivity contribution >= 4 is 5.57 Å². The summed E-state index contributed by atoms with van der Waals surface area (Å²) in [6.07, 6.45) is 15.4. The largest absolute Gasteiger partial charge is 0.480 e. The van der Waals surface area contributed by atoms with Crippen molar-refractivity contribution in [2.45, 2.75) is 57.5 Å². The third-order valence-electron chi connectivity index (χ3n) is 6.03. The average molecular weight is 319 g/mol. The highest BCUT2D eigenvalue weighted by Gasteiger charge is 2.50. The van der Waals surface area contributed by atoms with Gasteiger partial charge in [-0.15, -0.1) is 0 Å². The van der Waals surface area contributed by atoms with Crippen molar-refractivity contribution < 1.29 is 4.74 Å². The van der Waals surface area contributed by atoms with E-state index >= 15 is 0 Å². The molecule has 0 radical (unpaired) electrons. The Hall–Kier alpha value is -2.01. The summed E-state index contributed by atoms with van der Waals surface area (Å²) in [5, 5.41) is 9.58. The van der Waals surface area contributed by atoms with Gasteiger partial charge in [-0.3, -0.25) is 0 Å². The van der Waals surface area contributed by atoms with Crippen LogP contribution in [0.4, 0.5) is 0 Å². The number of ether oxygens (including phenoxy) is 1. The molecule has 3 unspecified atom stereocenters. The third-order valence-corrected chi connectivity index (χ3v) is 6.03. The number of nitriles is 1. The number of hydrogen-bond acceptors (Lipinski definition) is 2. The van der Waals surface area contributed by atoms with Gasteiger partial charge in [0, 0.05) is 17.4 Å². The van der Waals surface area contributed by atoms with Gasteiger partial charge in [-0.05, 0) is 49.8 Å². The molecule has 1 saturated carbocycles. The highest BCUT2D eigenvalue weighted by atomic mass is 16.5. The minimum Gasteiger partial charge on any atom is -0.480 e. The number of rotatable bonds is 3. The number of hydrogen-bond donors (Lipinski definition) is 0. The lowest BCUT2D eigenvalue weighted by atomic mass is 9.62. The number of benzene rings is 1. The molecule has 124 valence electrons. The van der Waals surface area contributed by atoms with Gasteiger partial charge in [-0.2, -0.15) is 5.26 Å². The molecule has 0 N–H and O–H groups in total. The van der Waals surface area contributed by atoms with Crippen molar-refractivity contribution in [1.82, 2.24) is 0 Å². The Morgan fingerprint density at radius 3 is 3.04 bits per heavy atom. The Balaban J connectivity index is 1.86. The summed E-state index contributed by atoms with van der Waals surface area (Å²) in [5.41, 5.74) is 2.99. The lowest BCUT2D eigenvalue weighted by molar-refractivity contribution is -0.0210. The molecular weight excluding hydrogens is 294 g/mol. The van der Waals surface area contributed by atoms with Gasteiger partial charge >= 0.3 is 0 Å². The van der Waals surface area contributed by atoms with E-state index < -0.39 is 0 Å². The van der Waals surface area contributed by atoms with Crippen LogP contribution in [0.25, 0.3) is 5.57 Å². The highest BCUT2D eigenvalue weighted by molar-refractivity contribution is 5.76. The lowest BCUT2D eigenvalue weighted by Crippen LogP contribution is -2.53. The maximum absolute atomic E-state index is 9.58. The number of unbranched alkanes of at least 4 members (excludes halogenated alkanes) is 1. The van der Waals surface area contributed by atoms with Gasteiger partial charge < -0.3 is 4.74 Å². The minimum atomic E-state index is -0.226. The van der Waals surface area contributed by atoms with Gasteiger partial charge in [-0.25, -0.2) is 0 Å². The molecule has 2 nitrogen and oxygen atoms in total. The van der Waals surface area contributed by atoms with Crippen molar-refractivity contribution in [2.75, 3.05) is 0 Å². The van der Waals surface area contributed by atoms with Crippen molar-refractivity contribution in [2.24, 2.45) is 11.8 Å². The van der Waals surface area contributed by atoms with E-state index in [4.69, 9.17) is 4.74 Å². The second-order valence-electron chi connectivity index (χ2n) is 7.42. The van der Waals surface area contributed by atoms with E-state index in [1.807, 2.05) is 12.1 Å². The number of nitrogens with zero attached hydrogens (tertiary/aromatic N) is 1. The molecule has 2 heteroatoms. The second kappa shape index (κ2) is 6.13. The van der Waals surface area contributed by atoms with Crippen LogP contribution >= 0.6 is 0 Å². The quantitative estimate of drug-likeness (QED) is 0.675. The second-order valence-corrected chi connectivity index (χ2v) is 7.42. The van der Waals surface area contributed by atoms with Crippen LogP contribution in [0.3, 0.4) is 0 Å². The molecule has 3 aliphatic rings. The molecular formula is C22H25NO. The van der Waals surface area contributed by atoms with Crippen LogP contribution in [0.15, 0.2) is 36.4 Å². The number of fused-ring (bicyclic) bond motifs is 1. The van der Waals surface area contributed by atoms with Gasteiger partial charge in [0.05, 0.1) is 5.56 Å². The summed E-state index contributed by atoms with van der Waals surface area (Å²) in [6.45, 7) is 2.24. The summed E-state index contributed by atoms with van der Waals surface area (Å²) in [7, 11) is 0. The average Bonchev–Trinajstić information content (AvgIpc) is 2.59. The topological polar surface area (TPSA) is 33.0 Å². The fourth-order valence-corrected chi connectivity index (χ4v) is 4.80. The monoisotopic (exact) mass is 319 g/mol. The van der Waals surface area contributed by atoms with E-state index in [0.717, 1.165) is 24.2 Å². The van der Waals surface area contributed by atoms with Gasteiger partial charge in [0.2, 0.25) is 0 Å². The Labute approximate surface area is 144 Å². The molecule has 0 aromatic heterocycles. The molecule has 2 aliphatic carbocycles. The van der Waals surface area contributed by atoms with Crippen molar-refractivity contribution in [3.63, 3.8) is 0 Å². The van der Waals surface area contributed by atoms with E-state index in [9.17, 15) is 5.26 Å². The summed E-state index contributed by atoms with van der Waals surface area (Å²) >= 11 is 0. The molecule has 1 aromatic rings. The van der Waals surface area contributed by atoms with E-state index in [-0.39, 0.29) is 5.60 Å². The minimum absolute atomic E-state index is 0.226. The Morgan fingerprint density at radius 2 is 2.25 bits per heavy atom. The summed E-state index contributed by atoms with van der Waals surface area (Å²) < 4.78 is 6.71. The third kappa shape index (κ3) is 2.30. The van der Waals surface area contributed by atoms with Crippen LogP contribution < -0.4 is 4.74 Å². The van der Waals surface area contributed by atoms with Crippen LogP contribution in [0.1, 0.15) is 63.0 Å². The first-order chi connectivity index (χ1) is 11.8. The van der Waals surface area contributed by atoms with Crippen molar-refractivity contribution in [3.05, 3.63) is 47.6 Å². The fourth-order valence-electron chi connectivity index (χ4n) is 4.80. The first kappa shape index (κ1) is 15.5. The van der Waals surface area contributed by atoms with Crippen LogP contribution in [-0.2, 0) is 0 Å². The van der Waals surface area contributed by atoms with Gasteiger partial charge in [0.1, 0.15) is 17.4 Å². The van der Waals surface area contributed by atoms with Gasteiger partial charge in [-0.1, -0.05) is 44.1 Å². The Bertz CT molecular complexity index is 739. The molecule has 3 atom stereocenters. The van der Waals surface area contributed by atoms with Crippen LogP contribution in [0, 0.1) is 23.2 Å². The molecule has 24 heavy (non-hydrogen) atoms. The van der Waals surface area contributed by atoms with Crippen molar-refractivity contribution in [1.29, 1.82) is 5.26 Å². The fraction of sp³-hybridized carbons (Fsp3) is 0.500. The molecule has 0 amide bonds. The van der Waals surface area contributed by atoms with Crippen LogP contribution in [0.5, 0.6) is 5.75 Å². The Kier molecular flexibility index (Phi) is 3.96. The van der Waals surface area contributed by atoms with E-state index in [2.05, 4.69) is 37.3 Å². The number of allylic oxidation sites excluding steroid dienone is 2. The summed E-state index contributed by atoms with van der Waals surface area (Å²) in [6, 6.07) is 8.35. The molecule has 1 fully saturated rings. The first-order valence-electron chi connectivity index (χ1n) is 9.39. The van der Waals surface area contributed by atoms with Crippen molar-refractivity contribution in [3.8, 4) is 11.8 Å². The zero-order valence-electron chi connectivity index (χ0n) is 14.4. The zero-order chi connectivity index (χ0) is 16.6. The molecule has 2 bridgehead atoms. The van der Waals surface area contributed by atoms with E-state index in [1.165, 1.54) is 37.7 Å². The van der Waals surface area contributed by atoms with E-state index in [0.29, 0.717) is 17.4 Å².